The van der Waals surface area contributed by atoms with Crippen molar-refractivity contribution in [3.8, 4) is 0 Å². The molecule has 0 aliphatic heterocycles. The number of rotatable bonds is 4. The van der Waals surface area contributed by atoms with Crippen molar-refractivity contribution in [2.75, 3.05) is 0 Å². The highest BCUT2D eigenvalue weighted by Gasteiger charge is 2.74. The molecule has 0 heterocycles. The Morgan fingerprint density at radius 1 is 0.406 bits per heavy atom. The number of allylic oxidation sites excluding steroid dienone is 5. The van der Waals surface area contributed by atoms with Crippen LogP contribution in [0.1, 0.15) is 365 Å². The zero-order chi connectivity index (χ0) is 70.0. The first kappa shape index (κ1) is 73.4. The van der Waals surface area contributed by atoms with Crippen LogP contribution in [0.5, 0.6) is 0 Å². The highest BCUT2D eigenvalue weighted by molar-refractivity contribution is 5.36. The Balaban J connectivity index is 0.000000130. The average molecular weight is 1320 g/mol. The van der Waals surface area contributed by atoms with Crippen LogP contribution in [0, 0.1) is 164 Å². The molecule has 3 N–H and O–H groups in total. The van der Waals surface area contributed by atoms with E-state index in [1.54, 1.807) is 0 Å². The molecule has 1 unspecified atom stereocenters. The van der Waals surface area contributed by atoms with Crippen molar-refractivity contribution < 1.29 is 15.3 Å². The van der Waals surface area contributed by atoms with E-state index >= 15 is 0 Å². The summed E-state index contributed by atoms with van der Waals surface area (Å²) in [4.78, 5) is 0. The van der Waals surface area contributed by atoms with E-state index in [1.807, 2.05) is 11.1 Å². The Bertz CT molecular complexity index is 3010. The van der Waals surface area contributed by atoms with Crippen molar-refractivity contribution in [1.29, 1.82) is 0 Å². The van der Waals surface area contributed by atoms with Crippen molar-refractivity contribution in [3.63, 3.8) is 0 Å². The summed E-state index contributed by atoms with van der Waals surface area (Å²) in [6, 6.07) is 0. The Labute approximate surface area is 594 Å². The molecule has 0 aromatic carbocycles. The molecule has 15 rings (SSSR count). The van der Waals surface area contributed by atoms with E-state index in [1.165, 1.54) is 192 Å². The summed E-state index contributed by atoms with van der Waals surface area (Å²) < 4.78 is 0. The molecule has 15 aliphatic carbocycles. The van der Waals surface area contributed by atoms with Crippen LogP contribution in [0.15, 0.2) is 35.5 Å². The maximum atomic E-state index is 10.9. The van der Waals surface area contributed by atoms with Crippen molar-refractivity contribution in [2.45, 2.75) is 383 Å². The minimum absolute atomic E-state index is 0.0521. The summed E-state index contributed by atoms with van der Waals surface area (Å²) in [6.07, 6.45) is 48.2. The molecule has 13 saturated carbocycles. The van der Waals surface area contributed by atoms with Gasteiger partial charge in [-0.05, 0) is 370 Å². The molecule has 13 fully saturated rings. The third-order valence-corrected chi connectivity index (χ3v) is 41.3. The summed E-state index contributed by atoms with van der Waals surface area (Å²) in [5, 5.41) is 32.7. The van der Waals surface area contributed by atoms with E-state index in [0.29, 0.717) is 88.1 Å². The fourth-order valence-electron chi connectivity index (χ4n) is 34.0. The quantitative estimate of drug-likeness (QED) is 0.246. The minimum Gasteiger partial charge on any atom is -0.393 e. The van der Waals surface area contributed by atoms with Crippen LogP contribution in [0.3, 0.4) is 0 Å². The molecule has 546 valence electrons. The second-order valence-electron chi connectivity index (χ2n) is 44.8. The molecule has 0 spiro atoms. The predicted molar refractivity (Wildman–Crippen MR) is 406 cm³/mol. The number of fused-ring (bicyclic) bond motifs is 21. The normalized spacial score (nSPS) is 55.7. The first-order valence-electron chi connectivity index (χ1n) is 42.6. The van der Waals surface area contributed by atoms with Gasteiger partial charge in [-0.15, -0.1) is 0 Å². The maximum Gasteiger partial charge on any atom is 0.0594 e. The minimum atomic E-state index is -0.125. The maximum absolute atomic E-state index is 10.9. The van der Waals surface area contributed by atoms with Gasteiger partial charge < -0.3 is 15.3 Å². The van der Waals surface area contributed by atoms with E-state index in [4.69, 9.17) is 0 Å². The number of hydrogen-bond donors (Lipinski definition) is 3. The van der Waals surface area contributed by atoms with Gasteiger partial charge in [-0.1, -0.05) is 194 Å². The number of hydrogen-bond acceptors (Lipinski definition) is 3. The lowest BCUT2D eigenvalue weighted by Crippen LogP contribution is -2.66. The summed E-state index contributed by atoms with van der Waals surface area (Å²) >= 11 is 0. The highest BCUT2D eigenvalue weighted by atomic mass is 16.3. The van der Waals surface area contributed by atoms with E-state index in [2.05, 4.69) is 178 Å². The number of aliphatic hydroxyl groups is 3. The fourth-order valence-corrected chi connectivity index (χ4v) is 34.0. The molecule has 96 heavy (non-hydrogen) atoms. The van der Waals surface area contributed by atoms with Gasteiger partial charge in [0.15, 0.2) is 0 Å². The highest BCUT2D eigenvalue weighted by Crippen LogP contribution is 2.81. The summed E-state index contributed by atoms with van der Waals surface area (Å²) in [6.45, 7) is 63.1. The van der Waals surface area contributed by atoms with Crippen molar-refractivity contribution in [2.24, 2.45) is 164 Å². The van der Waals surface area contributed by atoms with Crippen molar-refractivity contribution >= 4 is 0 Å². The van der Waals surface area contributed by atoms with Gasteiger partial charge in [-0.3, -0.25) is 0 Å². The van der Waals surface area contributed by atoms with E-state index in [9.17, 15) is 15.3 Å². The van der Waals surface area contributed by atoms with Gasteiger partial charge >= 0.3 is 0 Å². The molecule has 0 bridgehead atoms. The summed E-state index contributed by atoms with van der Waals surface area (Å²) in [7, 11) is 0. The van der Waals surface area contributed by atoms with Gasteiger partial charge in [0.1, 0.15) is 0 Å². The molecule has 28 atom stereocenters. The van der Waals surface area contributed by atoms with E-state index < -0.39 is 0 Å². The van der Waals surface area contributed by atoms with Crippen molar-refractivity contribution in [3.05, 3.63) is 35.5 Å². The second-order valence-corrected chi connectivity index (χ2v) is 44.8. The van der Waals surface area contributed by atoms with Crippen molar-refractivity contribution in [1.82, 2.24) is 0 Å². The van der Waals surface area contributed by atoms with Crippen LogP contribution >= 0.6 is 0 Å². The van der Waals surface area contributed by atoms with Gasteiger partial charge in [0, 0.05) is 0 Å². The lowest BCUT2D eigenvalue weighted by molar-refractivity contribution is -0.247. The Morgan fingerprint density at radius 2 is 0.833 bits per heavy atom. The topological polar surface area (TPSA) is 60.7 Å². The zero-order valence-electron chi connectivity index (χ0n) is 67.6. The molecule has 0 amide bonds. The van der Waals surface area contributed by atoms with Gasteiger partial charge in [-0.25, -0.2) is 0 Å². The van der Waals surface area contributed by atoms with Crippen LogP contribution in [0.4, 0.5) is 0 Å². The monoisotopic (exact) mass is 1320 g/mol. The van der Waals surface area contributed by atoms with Crippen LogP contribution in [-0.4, -0.2) is 33.6 Å². The average Bonchev–Trinajstić information content (AvgIpc) is 0.715. The largest absolute Gasteiger partial charge is 0.393 e. The van der Waals surface area contributed by atoms with Crippen LogP contribution in [0.25, 0.3) is 0 Å². The molecule has 0 aromatic rings. The molecule has 0 radical (unpaired) electrons. The van der Waals surface area contributed by atoms with Crippen LogP contribution < -0.4 is 0 Å². The van der Waals surface area contributed by atoms with E-state index in [-0.39, 0.29) is 34.6 Å². The fraction of sp³-hybridized carbons (Fsp3) is 0.935. The number of aliphatic hydroxyl groups excluding tert-OH is 3. The van der Waals surface area contributed by atoms with Gasteiger partial charge in [0.2, 0.25) is 0 Å². The van der Waals surface area contributed by atoms with Gasteiger partial charge in [-0.2, -0.15) is 0 Å². The van der Waals surface area contributed by atoms with Gasteiger partial charge in [0.05, 0.1) is 18.3 Å². The lowest BCUT2D eigenvalue weighted by atomic mass is 9.32. The Morgan fingerprint density at radius 3 is 1.32 bits per heavy atom. The smallest absolute Gasteiger partial charge is 0.0594 e. The molecule has 15 aliphatic rings. The third-order valence-electron chi connectivity index (χ3n) is 41.3. The first-order valence-corrected chi connectivity index (χ1v) is 42.6. The predicted octanol–water partition coefficient (Wildman–Crippen LogP) is 25.4. The van der Waals surface area contributed by atoms with Crippen LogP contribution in [0.2, 0.25) is 0 Å². The second kappa shape index (κ2) is 23.6. The molecular formula is C93H156O3. The Hall–Kier alpha value is -0.900. The first-order chi connectivity index (χ1) is 44.5. The van der Waals surface area contributed by atoms with E-state index in [0.717, 1.165) is 78.4 Å². The molecule has 3 heteroatoms. The lowest BCUT2D eigenvalue weighted by Gasteiger charge is -2.73. The zero-order valence-corrected chi connectivity index (χ0v) is 67.6. The standard InChI is InChI=1S/3C31H52O/c1-9-31-17-12-20(2)21(3)26(31)22-10-11-24-28(6)15-14-25(32)27(4,5)23(28)13-16-30(24,8)29(22,7)18-19-31;1-9-31-17-12-21(20(2)3)26(31)22-10-11-24-28(6)15-14-25(32)27(4,5)23(28)13-16-30(24,8)29(22,7)18-19-31;1-9-31-18-16-26(2,3)20-22(31)21-10-11-24-28(6)14-13-25(32)27(4,5)23(28)12-15-30(24,8)29(21,7)17-19-31/h10,20-21,23-26,32H,9,11-19H2,1-8H3;21-26,32H,2,9-19H2,1,3-8H3;10,22-25,32H,9,11-20H2,1-8H3/t20-,21+,23?,24-,25+,26+,28+,29-,30-,31-;21-,22+,23-,24+,25-,26+,28-,29+,30+,31+;22-,23-,24+,25-,28-,29+,30+,31+/m100/s1. The summed E-state index contributed by atoms with van der Waals surface area (Å²) in [5.74, 6) is 10.1. The molecular weight excluding hydrogens is 1170 g/mol. The Kier molecular flexibility index (Phi) is 18.0. The molecule has 3 nitrogen and oxygen atoms in total. The van der Waals surface area contributed by atoms with Crippen LogP contribution in [-0.2, 0) is 0 Å². The summed E-state index contributed by atoms with van der Waals surface area (Å²) in [5.41, 5.74) is 11.2. The molecule has 0 saturated heterocycles. The van der Waals surface area contributed by atoms with Gasteiger partial charge in [0.25, 0.3) is 0 Å². The third kappa shape index (κ3) is 9.72. The molecule has 0 aromatic heterocycles. The SMILES string of the molecule is C=C(C)[C@@H]1CC[C@]2(CC)CC[C@]3(C)[C@H](CC[C@@H]4[C@@]5(C)CC[C@H](O)C(C)(C)[C@@H]5CC[C@]43C)[C@@H]12.CC[C@]12CCC(C)(C)C[C@H]1C1=CC[C@@H]3[C@@]4(C)CC[C@H](O)C(C)(C)[C@@H]4CC[C@@]3(C)[C@]1(C)CC2.CC[C@]12CC[C@@H](C)[C@H](C)[C@H]1C1=CC[C@@H]3[C@@]4(C)CC[C@H](O)C(C)(C)C4CC[C@@]3(C)[C@]1(C)CC2.